The number of benzene rings is 2. The van der Waals surface area contributed by atoms with Gasteiger partial charge in [0.25, 0.3) is 0 Å². The molecule has 3 aromatic rings. The summed E-state index contributed by atoms with van der Waals surface area (Å²) in [6.45, 7) is 0. The predicted molar refractivity (Wildman–Crippen MR) is 110 cm³/mol. The summed E-state index contributed by atoms with van der Waals surface area (Å²) in [6, 6.07) is 14.3. The summed E-state index contributed by atoms with van der Waals surface area (Å²) in [4.78, 5) is 8.38. The van der Waals surface area contributed by atoms with Gasteiger partial charge in [-0.3, -0.25) is 0 Å². The van der Waals surface area contributed by atoms with E-state index >= 15 is 0 Å². The van der Waals surface area contributed by atoms with Crippen molar-refractivity contribution in [3.63, 3.8) is 0 Å². The Bertz CT molecular complexity index is 1070. The SMILES string of the molecule is N#CC1([S+]([O-])c2ccccc2-c2ccc(-c3cnc(N)nc3)c(F)c2)CCCC1. The van der Waals surface area contributed by atoms with Crippen LogP contribution in [-0.2, 0) is 11.2 Å². The van der Waals surface area contributed by atoms with E-state index in [9.17, 15) is 14.2 Å². The molecular weight excluding hydrogens is 387 g/mol. The van der Waals surface area contributed by atoms with Gasteiger partial charge in [0, 0.05) is 53.1 Å². The number of anilines is 1. The van der Waals surface area contributed by atoms with E-state index in [-0.39, 0.29) is 5.95 Å². The first-order valence-corrected chi connectivity index (χ1v) is 10.5. The lowest BCUT2D eigenvalue weighted by molar-refractivity contribution is 0.557. The quantitative estimate of drug-likeness (QED) is 0.644. The highest BCUT2D eigenvalue weighted by Crippen LogP contribution is 2.42. The van der Waals surface area contributed by atoms with Crippen molar-refractivity contribution in [3.05, 3.63) is 60.7 Å². The second-order valence-corrected chi connectivity index (χ2v) is 8.86. The van der Waals surface area contributed by atoms with Gasteiger partial charge >= 0.3 is 0 Å². The van der Waals surface area contributed by atoms with Gasteiger partial charge in [-0.1, -0.05) is 24.3 Å². The van der Waals surface area contributed by atoms with E-state index in [1.54, 1.807) is 24.3 Å². The van der Waals surface area contributed by atoms with Crippen molar-refractivity contribution >= 4 is 17.1 Å². The van der Waals surface area contributed by atoms with E-state index in [4.69, 9.17) is 5.73 Å². The molecule has 0 saturated heterocycles. The average molecular weight is 406 g/mol. The highest BCUT2D eigenvalue weighted by Gasteiger charge is 2.47. The Morgan fingerprint density at radius 1 is 1.03 bits per heavy atom. The van der Waals surface area contributed by atoms with Crippen LogP contribution >= 0.6 is 0 Å². The number of rotatable bonds is 4. The van der Waals surface area contributed by atoms with Gasteiger partial charge in [-0.05, 0) is 36.6 Å². The Balaban J connectivity index is 1.74. The van der Waals surface area contributed by atoms with Gasteiger partial charge in [-0.25, -0.2) is 14.4 Å². The smallest absolute Gasteiger partial charge is 0.219 e. The second kappa shape index (κ2) is 7.82. The fraction of sp³-hybridized carbons (Fsp3) is 0.227. The zero-order valence-electron chi connectivity index (χ0n) is 15.6. The van der Waals surface area contributed by atoms with Crippen LogP contribution in [0.3, 0.4) is 0 Å². The molecular formula is C22H19FN4OS. The van der Waals surface area contributed by atoms with Crippen molar-refractivity contribution < 1.29 is 8.94 Å². The molecule has 0 amide bonds. The molecule has 2 N–H and O–H groups in total. The molecule has 1 saturated carbocycles. The van der Waals surface area contributed by atoms with E-state index in [0.717, 1.165) is 12.8 Å². The lowest BCUT2D eigenvalue weighted by Gasteiger charge is -2.26. The molecule has 1 aliphatic rings. The molecule has 1 fully saturated rings. The Morgan fingerprint density at radius 2 is 1.72 bits per heavy atom. The van der Waals surface area contributed by atoms with E-state index in [1.165, 1.54) is 18.5 Å². The molecule has 5 nitrogen and oxygen atoms in total. The number of aromatic nitrogens is 2. The molecule has 1 atom stereocenters. The number of halogens is 1. The van der Waals surface area contributed by atoms with Crippen LogP contribution in [0.1, 0.15) is 25.7 Å². The standard InChI is InChI=1S/C22H19FN4OS/c23-19-11-15(7-8-17(19)16-12-26-21(25)27-13-16)18-5-1-2-6-20(18)29(28)22(14-24)9-3-4-10-22/h1-2,5-8,11-13H,3-4,9-10H2,(H2,25,26,27). The first-order chi connectivity index (χ1) is 14.0. The molecule has 4 rings (SSSR count). The molecule has 1 aromatic heterocycles. The first-order valence-electron chi connectivity index (χ1n) is 9.34. The Hall–Kier alpha value is -2.95. The fourth-order valence-electron chi connectivity index (χ4n) is 3.76. The molecule has 0 radical (unpaired) electrons. The van der Waals surface area contributed by atoms with Crippen molar-refractivity contribution in [1.29, 1.82) is 5.26 Å². The maximum atomic E-state index is 14.9. The molecule has 7 heteroatoms. The van der Waals surface area contributed by atoms with Crippen molar-refractivity contribution in [3.8, 4) is 28.3 Å². The monoisotopic (exact) mass is 406 g/mol. The van der Waals surface area contributed by atoms with Crippen molar-refractivity contribution in [2.24, 2.45) is 0 Å². The first kappa shape index (κ1) is 19.4. The van der Waals surface area contributed by atoms with Crippen LogP contribution in [0, 0.1) is 17.1 Å². The van der Waals surface area contributed by atoms with Crippen LogP contribution in [0.2, 0.25) is 0 Å². The predicted octanol–water partition coefficient (Wildman–Crippen LogP) is 4.48. The van der Waals surface area contributed by atoms with Gasteiger partial charge in [-0.15, -0.1) is 0 Å². The summed E-state index contributed by atoms with van der Waals surface area (Å²) in [7, 11) is 0. The minimum Gasteiger partial charge on any atom is -0.610 e. The lowest BCUT2D eigenvalue weighted by Crippen LogP contribution is -2.34. The van der Waals surface area contributed by atoms with Gasteiger partial charge in [0.05, 0.1) is 0 Å². The third kappa shape index (κ3) is 3.57. The fourth-order valence-corrected chi connectivity index (χ4v) is 5.51. The average Bonchev–Trinajstić information content (AvgIpc) is 3.24. The summed E-state index contributed by atoms with van der Waals surface area (Å²) in [6.07, 6.45) is 5.98. The third-order valence-electron chi connectivity index (χ3n) is 5.32. The van der Waals surface area contributed by atoms with Crippen molar-refractivity contribution in [2.75, 3.05) is 5.73 Å². The molecule has 1 aliphatic carbocycles. The molecule has 0 bridgehead atoms. The van der Waals surface area contributed by atoms with Crippen LogP contribution in [0.4, 0.5) is 10.3 Å². The second-order valence-electron chi connectivity index (χ2n) is 7.10. The zero-order valence-corrected chi connectivity index (χ0v) is 16.5. The topological polar surface area (TPSA) is 98.6 Å². The number of hydrogen-bond acceptors (Lipinski definition) is 5. The Labute approximate surface area is 171 Å². The Morgan fingerprint density at radius 3 is 2.38 bits per heavy atom. The minimum atomic E-state index is -1.50. The number of nitrogen functional groups attached to an aromatic ring is 1. The maximum Gasteiger partial charge on any atom is 0.219 e. The van der Waals surface area contributed by atoms with E-state index in [1.807, 2.05) is 12.1 Å². The molecule has 1 heterocycles. The number of nitrogens with two attached hydrogens (primary N) is 1. The summed E-state index contributed by atoms with van der Waals surface area (Å²) in [5.41, 5.74) is 7.66. The van der Waals surface area contributed by atoms with Crippen molar-refractivity contribution in [2.45, 2.75) is 35.3 Å². The van der Waals surface area contributed by atoms with E-state index in [0.29, 0.717) is 40.0 Å². The van der Waals surface area contributed by atoms with Crippen LogP contribution in [0.25, 0.3) is 22.3 Å². The highest BCUT2D eigenvalue weighted by molar-refractivity contribution is 7.93. The molecule has 2 aromatic carbocycles. The number of hydrogen-bond donors (Lipinski definition) is 1. The molecule has 29 heavy (non-hydrogen) atoms. The third-order valence-corrected chi connectivity index (χ3v) is 7.28. The summed E-state index contributed by atoms with van der Waals surface area (Å²) in [5, 5.41) is 9.71. The van der Waals surface area contributed by atoms with Crippen molar-refractivity contribution in [1.82, 2.24) is 9.97 Å². The highest BCUT2D eigenvalue weighted by atomic mass is 32.2. The minimum absolute atomic E-state index is 0.125. The van der Waals surface area contributed by atoms with Gasteiger partial charge in [0.2, 0.25) is 10.7 Å². The van der Waals surface area contributed by atoms with E-state index < -0.39 is 21.7 Å². The maximum absolute atomic E-state index is 14.9. The van der Waals surface area contributed by atoms with Gasteiger partial charge in [0.15, 0.2) is 4.90 Å². The van der Waals surface area contributed by atoms with Crippen LogP contribution in [-0.4, -0.2) is 19.3 Å². The normalized spacial score (nSPS) is 16.3. The molecule has 0 spiro atoms. The van der Waals surface area contributed by atoms with Crippen LogP contribution < -0.4 is 5.73 Å². The molecule has 146 valence electrons. The zero-order chi connectivity index (χ0) is 20.4. The number of nitriles is 1. The van der Waals surface area contributed by atoms with Gasteiger partial charge < -0.3 is 10.3 Å². The molecule has 1 unspecified atom stereocenters. The lowest BCUT2D eigenvalue weighted by atomic mass is 10.0. The van der Waals surface area contributed by atoms with Crippen LogP contribution in [0.15, 0.2) is 59.8 Å². The Kier molecular flexibility index (Phi) is 5.22. The summed E-state index contributed by atoms with van der Waals surface area (Å²) < 4.78 is 27.4. The van der Waals surface area contributed by atoms with Gasteiger partial charge in [-0.2, -0.15) is 5.26 Å². The largest absolute Gasteiger partial charge is 0.610 e. The van der Waals surface area contributed by atoms with Crippen LogP contribution in [0.5, 0.6) is 0 Å². The molecule has 0 aliphatic heterocycles. The number of nitrogens with zero attached hydrogens (tertiary/aromatic N) is 3. The van der Waals surface area contributed by atoms with Gasteiger partial charge in [0.1, 0.15) is 11.9 Å². The van der Waals surface area contributed by atoms with E-state index in [2.05, 4.69) is 16.0 Å². The summed E-state index contributed by atoms with van der Waals surface area (Å²) >= 11 is -1.50. The summed E-state index contributed by atoms with van der Waals surface area (Å²) in [5.74, 6) is -0.312.